The van der Waals surface area contributed by atoms with Crippen molar-refractivity contribution in [2.45, 2.75) is 38.8 Å². The van der Waals surface area contributed by atoms with Crippen molar-refractivity contribution >= 4 is 17.5 Å². The van der Waals surface area contributed by atoms with Crippen LogP contribution in [0.15, 0.2) is 53.2 Å². The lowest BCUT2D eigenvalue weighted by atomic mass is 9.69. The van der Waals surface area contributed by atoms with Crippen LogP contribution in [0.25, 0.3) is 6.08 Å². The molecule has 0 amide bonds. The Hall–Kier alpha value is -3.31. The molecule has 0 bridgehead atoms. The molecule has 0 unspecified atom stereocenters. The second-order valence-electron chi connectivity index (χ2n) is 8.41. The number of benzene rings is 1. The Morgan fingerprint density at radius 3 is 2.46 bits per heavy atom. The van der Waals surface area contributed by atoms with Crippen molar-refractivity contribution < 1.29 is 9.21 Å². The molecule has 1 aromatic heterocycles. The molecule has 0 saturated carbocycles. The van der Waals surface area contributed by atoms with Gasteiger partial charge in [-0.05, 0) is 23.8 Å². The first kappa shape index (κ1) is 18.1. The van der Waals surface area contributed by atoms with Gasteiger partial charge in [-0.3, -0.25) is 4.79 Å². The van der Waals surface area contributed by atoms with Crippen molar-refractivity contribution in [3.8, 4) is 12.1 Å². The zero-order valence-electron chi connectivity index (χ0n) is 16.1. The molecule has 4 rings (SSSR count). The molecule has 1 aromatic carbocycles. The number of hydrogen-bond acceptors (Lipinski definition) is 5. The molecule has 28 heavy (non-hydrogen) atoms. The van der Waals surface area contributed by atoms with E-state index in [1.165, 1.54) is 6.26 Å². The second kappa shape index (κ2) is 6.11. The van der Waals surface area contributed by atoms with Gasteiger partial charge in [0.05, 0.1) is 30.4 Å². The number of rotatable bonds is 2. The number of nitriles is 2. The first-order chi connectivity index (χ1) is 13.3. The minimum absolute atomic E-state index is 0.0172. The highest BCUT2D eigenvalue weighted by atomic mass is 16.3. The van der Waals surface area contributed by atoms with Crippen LogP contribution in [0.3, 0.4) is 0 Å². The molecule has 3 heterocycles. The number of nitrogens with zero attached hydrogens (tertiary/aromatic N) is 3. The van der Waals surface area contributed by atoms with E-state index in [9.17, 15) is 15.3 Å². The third-order valence-electron chi connectivity index (χ3n) is 5.77. The van der Waals surface area contributed by atoms with Gasteiger partial charge < -0.3 is 9.32 Å². The van der Waals surface area contributed by atoms with Crippen LogP contribution in [-0.2, 0) is 4.79 Å². The number of carbonyl (C=O) groups excluding carboxylic acids is 1. The van der Waals surface area contributed by atoms with Crippen LogP contribution in [-0.4, -0.2) is 17.9 Å². The zero-order valence-corrected chi connectivity index (χ0v) is 16.1. The molecule has 2 aromatic rings. The maximum absolute atomic E-state index is 13.6. The van der Waals surface area contributed by atoms with Crippen molar-refractivity contribution in [1.82, 2.24) is 0 Å². The number of para-hydroxylation sites is 1. The molecule has 1 saturated heterocycles. The molecular formula is C23H21N3O2. The summed E-state index contributed by atoms with van der Waals surface area (Å²) < 4.78 is 5.66. The first-order valence-electron chi connectivity index (χ1n) is 9.31. The minimum atomic E-state index is -1.44. The standard InChI is InChI=1S/C23H21N3O2/c1-22(2,3)21(27)20-19(17-9-6-12-28-17)23(13-24,14-25)18-11-10-15-7-4-5-8-16(15)26(18)20/h4-12,18-20H,1-3H3/t18-,19+,20-/m1/s1. The fraction of sp³-hybridized carbons (Fsp3) is 0.348. The van der Waals surface area contributed by atoms with Gasteiger partial charge in [-0.2, -0.15) is 10.5 Å². The number of fused-ring (bicyclic) bond motifs is 3. The van der Waals surface area contributed by atoms with Crippen molar-refractivity contribution in [3.63, 3.8) is 0 Å². The maximum atomic E-state index is 13.6. The Morgan fingerprint density at radius 1 is 1.14 bits per heavy atom. The van der Waals surface area contributed by atoms with Crippen molar-refractivity contribution in [3.05, 3.63) is 60.1 Å². The average molecular weight is 371 g/mol. The summed E-state index contributed by atoms with van der Waals surface area (Å²) >= 11 is 0. The van der Waals surface area contributed by atoms with Crippen molar-refractivity contribution in [2.75, 3.05) is 4.90 Å². The number of Topliss-reactive ketones (excluding diaryl/α,β-unsaturated/α-hetero) is 1. The molecule has 1 fully saturated rings. The molecule has 5 nitrogen and oxygen atoms in total. The number of hydrogen-bond donors (Lipinski definition) is 0. The fourth-order valence-corrected chi connectivity index (χ4v) is 4.45. The van der Waals surface area contributed by atoms with Crippen molar-refractivity contribution in [2.24, 2.45) is 10.8 Å². The predicted octanol–water partition coefficient (Wildman–Crippen LogP) is 4.30. The van der Waals surface area contributed by atoms with Gasteiger partial charge in [0.1, 0.15) is 11.8 Å². The van der Waals surface area contributed by atoms with E-state index >= 15 is 0 Å². The van der Waals surface area contributed by atoms with E-state index in [-0.39, 0.29) is 5.78 Å². The largest absolute Gasteiger partial charge is 0.469 e. The summed E-state index contributed by atoms with van der Waals surface area (Å²) in [7, 11) is 0. The summed E-state index contributed by atoms with van der Waals surface area (Å²) in [6, 6.07) is 14.6. The smallest absolute Gasteiger partial charge is 0.179 e. The van der Waals surface area contributed by atoms with Gasteiger partial charge in [0, 0.05) is 11.1 Å². The van der Waals surface area contributed by atoms with Crippen LogP contribution in [0.1, 0.15) is 38.0 Å². The lowest BCUT2D eigenvalue weighted by Gasteiger charge is -2.37. The number of carbonyl (C=O) groups is 1. The molecule has 140 valence electrons. The van der Waals surface area contributed by atoms with E-state index in [2.05, 4.69) is 12.1 Å². The summed E-state index contributed by atoms with van der Waals surface area (Å²) in [5.41, 5.74) is -0.248. The van der Waals surface area contributed by atoms with E-state index in [1.807, 2.05) is 62.1 Å². The Morgan fingerprint density at radius 2 is 1.86 bits per heavy atom. The highest BCUT2D eigenvalue weighted by Crippen LogP contribution is 2.56. The van der Waals surface area contributed by atoms with E-state index in [4.69, 9.17) is 4.42 Å². The second-order valence-corrected chi connectivity index (χ2v) is 8.41. The van der Waals surface area contributed by atoms with E-state index in [0.29, 0.717) is 5.76 Å². The first-order valence-corrected chi connectivity index (χ1v) is 9.31. The Balaban J connectivity index is 2.02. The minimum Gasteiger partial charge on any atom is -0.469 e. The van der Waals surface area contributed by atoms with Crippen LogP contribution in [0.5, 0.6) is 0 Å². The van der Waals surface area contributed by atoms with Gasteiger partial charge in [0.25, 0.3) is 0 Å². The van der Waals surface area contributed by atoms with Gasteiger partial charge in [-0.25, -0.2) is 0 Å². The zero-order chi connectivity index (χ0) is 20.1. The van der Waals surface area contributed by atoms with Crippen LogP contribution >= 0.6 is 0 Å². The summed E-state index contributed by atoms with van der Waals surface area (Å²) in [6.45, 7) is 5.61. The highest BCUT2D eigenvalue weighted by molar-refractivity contribution is 5.95. The van der Waals surface area contributed by atoms with Gasteiger partial charge in [0.2, 0.25) is 0 Å². The summed E-state index contributed by atoms with van der Waals surface area (Å²) in [5.74, 6) is -0.215. The quantitative estimate of drug-likeness (QED) is 0.786. The molecule has 2 aliphatic heterocycles. The number of ketones is 1. The topological polar surface area (TPSA) is 81.0 Å². The Bertz CT molecular complexity index is 1020. The molecule has 0 N–H and O–H groups in total. The molecule has 0 radical (unpaired) electrons. The molecule has 5 heteroatoms. The lowest BCUT2D eigenvalue weighted by Crippen LogP contribution is -2.47. The Labute approximate surface area is 164 Å². The normalized spacial score (nSPS) is 24.8. The molecule has 3 atom stereocenters. The van der Waals surface area contributed by atoms with Crippen LogP contribution in [0.4, 0.5) is 5.69 Å². The van der Waals surface area contributed by atoms with Crippen LogP contribution < -0.4 is 4.90 Å². The van der Waals surface area contributed by atoms with Crippen LogP contribution in [0.2, 0.25) is 0 Å². The van der Waals surface area contributed by atoms with E-state index in [1.54, 1.807) is 12.1 Å². The van der Waals surface area contributed by atoms with Gasteiger partial charge in [-0.1, -0.05) is 51.1 Å². The van der Waals surface area contributed by atoms with Crippen LogP contribution in [0, 0.1) is 33.5 Å². The average Bonchev–Trinajstić information content (AvgIpc) is 3.30. The number of anilines is 1. The number of furan rings is 1. The van der Waals surface area contributed by atoms with E-state index in [0.717, 1.165) is 11.3 Å². The Kier molecular flexibility index (Phi) is 3.94. The molecular weight excluding hydrogens is 350 g/mol. The monoisotopic (exact) mass is 371 g/mol. The summed E-state index contributed by atoms with van der Waals surface area (Å²) in [4.78, 5) is 15.6. The third kappa shape index (κ3) is 2.33. The fourth-order valence-electron chi connectivity index (χ4n) is 4.45. The van der Waals surface area contributed by atoms with Gasteiger partial charge in [-0.15, -0.1) is 0 Å². The molecule has 0 aliphatic carbocycles. The van der Waals surface area contributed by atoms with Crippen molar-refractivity contribution in [1.29, 1.82) is 10.5 Å². The highest BCUT2D eigenvalue weighted by Gasteiger charge is 2.65. The molecule has 2 aliphatic rings. The summed E-state index contributed by atoms with van der Waals surface area (Å²) in [6.07, 6.45) is 5.33. The molecule has 0 spiro atoms. The van der Waals surface area contributed by atoms with Gasteiger partial charge >= 0.3 is 0 Å². The predicted molar refractivity (Wildman–Crippen MR) is 105 cm³/mol. The lowest BCUT2D eigenvalue weighted by molar-refractivity contribution is -0.128. The SMILES string of the molecule is CC(C)(C)C(=O)[C@H]1[C@H](c2ccco2)C(C#N)(C#N)[C@H]2C=Cc3ccccc3N12. The summed E-state index contributed by atoms with van der Waals surface area (Å²) in [5, 5.41) is 20.4. The third-order valence-corrected chi connectivity index (χ3v) is 5.77. The maximum Gasteiger partial charge on any atom is 0.179 e. The van der Waals surface area contributed by atoms with E-state index < -0.39 is 28.8 Å². The van der Waals surface area contributed by atoms with Gasteiger partial charge in [0.15, 0.2) is 11.2 Å².